The van der Waals surface area contributed by atoms with Gasteiger partial charge in [-0.1, -0.05) is 41.0 Å². The first kappa shape index (κ1) is 19.2. The third-order valence-corrected chi connectivity index (χ3v) is 5.95. The van der Waals surface area contributed by atoms with Crippen molar-refractivity contribution in [3.8, 4) is 11.3 Å². The smallest absolute Gasteiger partial charge is 0.232 e. The lowest BCUT2D eigenvalue weighted by atomic mass is 9.99. The predicted octanol–water partition coefficient (Wildman–Crippen LogP) is 2.20. The zero-order valence-corrected chi connectivity index (χ0v) is 15.9. The fourth-order valence-corrected chi connectivity index (χ4v) is 4.08. The second kappa shape index (κ2) is 7.98. The summed E-state index contributed by atoms with van der Waals surface area (Å²) in [6.45, 7) is 0.563. The third-order valence-electron chi connectivity index (χ3n) is 3.90. The highest BCUT2D eigenvalue weighted by molar-refractivity contribution is 8.01. The van der Waals surface area contributed by atoms with Crippen LogP contribution in [0.3, 0.4) is 0 Å². The van der Waals surface area contributed by atoms with Crippen LogP contribution in [-0.4, -0.2) is 39.4 Å². The first-order chi connectivity index (χ1) is 12.4. The van der Waals surface area contributed by atoms with E-state index in [4.69, 9.17) is 39.8 Å². The van der Waals surface area contributed by atoms with Crippen molar-refractivity contribution in [2.45, 2.75) is 22.7 Å². The van der Waals surface area contributed by atoms with Crippen LogP contribution in [0.1, 0.15) is 18.0 Å². The highest BCUT2D eigenvalue weighted by Crippen LogP contribution is 2.46. The molecule has 0 radical (unpaired) electrons. The second-order valence-electron chi connectivity index (χ2n) is 5.71. The number of rotatable bonds is 6. The number of hydrogen-bond acceptors (Lipinski definition) is 7. The van der Waals surface area contributed by atoms with Crippen LogP contribution in [0.2, 0.25) is 10.0 Å². The van der Waals surface area contributed by atoms with E-state index in [0.717, 1.165) is 0 Å². The Morgan fingerprint density at radius 3 is 2.73 bits per heavy atom. The van der Waals surface area contributed by atoms with Crippen LogP contribution >= 0.6 is 35.0 Å². The number of aliphatic hydroxyl groups excluding tert-OH is 1. The number of amides is 1. The highest BCUT2D eigenvalue weighted by Gasteiger charge is 2.39. The SMILES string of the molecule is NC(=O)C1Sc2nc(NCCCO)nc(-c3ccc(Cl)c(Cl)c3)c2C1N. The van der Waals surface area contributed by atoms with Crippen molar-refractivity contribution in [3.63, 3.8) is 0 Å². The van der Waals surface area contributed by atoms with Gasteiger partial charge >= 0.3 is 0 Å². The highest BCUT2D eigenvalue weighted by atomic mass is 35.5. The molecule has 2 aromatic rings. The maximum absolute atomic E-state index is 11.7. The van der Waals surface area contributed by atoms with Crippen LogP contribution in [0, 0.1) is 0 Å². The lowest BCUT2D eigenvalue weighted by molar-refractivity contribution is -0.117. The van der Waals surface area contributed by atoms with Gasteiger partial charge in [-0.25, -0.2) is 9.97 Å². The molecule has 138 valence electrons. The van der Waals surface area contributed by atoms with Gasteiger partial charge in [0.2, 0.25) is 11.9 Å². The van der Waals surface area contributed by atoms with Gasteiger partial charge in [-0.3, -0.25) is 4.79 Å². The number of nitrogens with two attached hydrogens (primary N) is 2. The molecule has 0 spiro atoms. The number of hydrogen-bond donors (Lipinski definition) is 4. The summed E-state index contributed by atoms with van der Waals surface area (Å²) in [5.74, 6) is -0.126. The van der Waals surface area contributed by atoms with Crippen molar-refractivity contribution in [2.75, 3.05) is 18.5 Å². The Balaban J connectivity index is 2.09. The summed E-state index contributed by atoms with van der Waals surface area (Å²) < 4.78 is 0. The monoisotopic (exact) mass is 413 g/mol. The van der Waals surface area contributed by atoms with Crippen LogP contribution in [-0.2, 0) is 4.79 Å². The second-order valence-corrected chi connectivity index (χ2v) is 7.66. The molecule has 2 unspecified atom stereocenters. The summed E-state index contributed by atoms with van der Waals surface area (Å²) in [7, 11) is 0. The van der Waals surface area contributed by atoms with Gasteiger partial charge < -0.3 is 21.9 Å². The number of nitrogens with zero attached hydrogens (tertiary/aromatic N) is 2. The molecule has 26 heavy (non-hydrogen) atoms. The molecule has 2 heterocycles. The predicted molar refractivity (Wildman–Crippen MR) is 103 cm³/mol. The Bertz CT molecular complexity index is 852. The minimum Gasteiger partial charge on any atom is -0.396 e. The van der Waals surface area contributed by atoms with E-state index >= 15 is 0 Å². The number of thioether (sulfide) groups is 1. The lowest BCUT2D eigenvalue weighted by Crippen LogP contribution is -2.33. The molecule has 0 saturated heterocycles. The minimum absolute atomic E-state index is 0.0565. The van der Waals surface area contributed by atoms with Crippen molar-refractivity contribution < 1.29 is 9.90 Å². The lowest BCUT2D eigenvalue weighted by Gasteiger charge is -2.15. The molecule has 1 amide bonds. The van der Waals surface area contributed by atoms with E-state index in [1.165, 1.54) is 11.8 Å². The number of aliphatic hydroxyl groups is 1. The van der Waals surface area contributed by atoms with Crippen molar-refractivity contribution in [2.24, 2.45) is 11.5 Å². The Labute approximate surface area is 164 Å². The zero-order valence-electron chi connectivity index (χ0n) is 13.6. The van der Waals surface area contributed by atoms with Gasteiger partial charge in [-0.2, -0.15) is 0 Å². The number of halogens is 2. The molecule has 1 aromatic carbocycles. The van der Waals surface area contributed by atoms with Gasteiger partial charge in [0.15, 0.2) is 0 Å². The summed E-state index contributed by atoms with van der Waals surface area (Å²) in [5, 5.41) is 12.8. The number of anilines is 1. The van der Waals surface area contributed by atoms with Crippen LogP contribution in [0.15, 0.2) is 23.2 Å². The molecular formula is C16H17Cl2N5O2S. The van der Waals surface area contributed by atoms with Gasteiger partial charge in [0.1, 0.15) is 10.3 Å². The zero-order chi connectivity index (χ0) is 18.8. The molecule has 1 aliphatic heterocycles. The van der Waals surface area contributed by atoms with Gasteiger partial charge in [-0.15, -0.1) is 0 Å². The molecule has 0 fully saturated rings. The average molecular weight is 414 g/mol. The molecule has 3 rings (SSSR count). The largest absolute Gasteiger partial charge is 0.396 e. The normalized spacial score (nSPS) is 18.6. The number of carbonyl (C=O) groups excluding carboxylic acids is 1. The summed E-state index contributed by atoms with van der Waals surface area (Å²) in [5.41, 5.74) is 13.7. The van der Waals surface area contributed by atoms with Crippen molar-refractivity contribution in [1.82, 2.24) is 9.97 Å². The van der Waals surface area contributed by atoms with Crippen molar-refractivity contribution in [1.29, 1.82) is 0 Å². The van der Waals surface area contributed by atoms with Gasteiger partial charge in [0.25, 0.3) is 0 Å². The fraction of sp³-hybridized carbons (Fsp3) is 0.312. The van der Waals surface area contributed by atoms with E-state index in [2.05, 4.69) is 15.3 Å². The molecular weight excluding hydrogens is 397 g/mol. The van der Waals surface area contributed by atoms with E-state index in [1.54, 1.807) is 18.2 Å². The molecule has 0 aliphatic carbocycles. The summed E-state index contributed by atoms with van der Waals surface area (Å²) in [6.07, 6.45) is 0.555. The van der Waals surface area contributed by atoms with Gasteiger partial charge in [0.05, 0.1) is 21.8 Å². The number of benzene rings is 1. The van der Waals surface area contributed by atoms with Crippen LogP contribution in [0.25, 0.3) is 11.3 Å². The summed E-state index contributed by atoms with van der Waals surface area (Å²) >= 11 is 13.4. The minimum atomic E-state index is -0.622. The first-order valence-corrected chi connectivity index (χ1v) is 9.49. The van der Waals surface area contributed by atoms with E-state index in [9.17, 15) is 4.79 Å². The quantitative estimate of drug-likeness (QED) is 0.422. The molecule has 7 nitrogen and oxygen atoms in total. The molecule has 0 saturated carbocycles. The molecule has 2 atom stereocenters. The van der Waals surface area contributed by atoms with Crippen LogP contribution in [0.4, 0.5) is 5.95 Å². The van der Waals surface area contributed by atoms with Gasteiger partial charge in [-0.05, 0) is 18.6 Å². The van der Waals surface area contributed by atoms with Crippen molar-refractivity contribution >= 4 is 46.8 Å². The number of aromatic nitrogens is 2. The Morgan fingerprint density at radius 1 is 1.31 bits per heavy atom. The maximum atomic E-state index is 11.7. The molecule has 0 bridgehead atoms. The standard InChI is InChI=1S/C16H17Cl2N5O2S/c17-8-3-2-7(6-9(8)18)12-10-11(19)13(14(20)25)26-15(10)23-16(22-12)21-4-1-5-24/h2-3,6,11,13,24H,1,4-5,19H2,(H2,20,25)(H,21,22,23). The molecule has 1 aromatic heterocycles. The topological polar surface area (TPSA) is 127 Å². The summed E-state index contributed by atoms with van der Waals surface area (Å²) in [4.78, 5) is 20.7. The number of nitrogens with one attached hydrogen (secondary N) is 1. The number of carbonyl (C=O) groups is 1. The Morgan fingerprint density at radius 2 is 2.08 bits per heavy atom. The van der Waals surface area contributed by atoms with Crippen LogP contribution < -0.4 is 16.8 Å². The van der Waals surface area contributed by atoms with E-state index in [0.29, 0.717) is 50.8 Å². The number of primary amides is 1. The van der Waals surface area contributed by atoms with E-state index < -0.39 is 17.2 Å². The first-order valence-electron chi connectivity index (χ1n) is 7.86. The van der Waals surface area contributed by atoms with Gasteiger partial charge in [0, 0.05) is 24.3 Å². The fourth-order valence-electron chi connectivity index (χ4n) is 2.64. The summed E-state index contributed by atoms with van der Waals surface area (Å²) in [6, 6.07) is 4.53. The molecule has 6 N–H and O–H groups in total. The number of fused-ring (bicyclic) bond motifs is 1. The molecule has 1 aliphatic rings. The Hall–Kier alpha value is -1.58. The van der Waals surface area contributed by atoms with E-state index in [1.807, 2.05) is 0 Å². The Kier molecular flexibility index (Phi) is 5.89. The molecule has 10 heteroatoms. The van der Waals surface area contributed by atoms with Crippen molar-refractivity contribution in [3.05, 3.63) is 33.8 Å². The third kappa shape index (κ3) is 3.74. The van der Waals surface area contributed by atoms with E-state index in [-0.39, 0.29) is 6.61 Å². The van der Waals surface area contributed by atoms with Crippen LogP contribution in [0.5, 0.6) is 0 Å². The average Bonchev–Trinajstić information content (AvgIpc) is 2.94. The maximum Gasteiger partial charge on any atom is 0.232 e.